The molecule has 10 heteroatoms. The smallest absolute Gasteiger partial charge is 0.416 e. The largest absolute Gasteiger partial charge is 1.00 e. The molecule has 3 aromatic rings. The second kappa shape index (κ2) is 8.04. The van der Waals surface area contributed by atoms with Gasteiger partial charge in [-0.05, 0) is 44.0 Å². The fourth-order valence-electron chi connectivity index (χ4n) is 4.74. The summed E-state index contributed by atoms with van der Waals surface area (Å²) in [7, 11) is 0. The maximum atomic E-state index is 14.4. The summed E-state index contributed by atoms with van der Waals surface area (Å²) in [6.45, 7) is 2.46. The van der Waals surface area contributed by atoms with E-state index in [-0.39, 0.29) is 30.1 Å². The topological polar surface area (TPSA) is 46.5 Å². The normalized spacial score (nSPS) is 19.7. The SMILES string of the molecule is Cc1nn(-c2ccc(F)cc2F)c2c1C1Nc3ccc(C(F)(F)F)cc3[NH2+]CC1CC2.[Cl-]. The summed E-state index contributed by atoms with van der Waals surface area (Å²) in [5.41, 5.74) is 3.16. The van der Waals surface area contributed by atoms with Gasteiger partial charge in [0.2, 0.25) is 0 Å². The number of anilines is 1. The first-order valence-corrected chi connectivity index (χ1v) is 10.1. The number of fused-ring (bicyclic) bond motifs is 4. The molecule has 1 aromatic heterocycles. The number of nitrogens with zero attached hydrogens (tertiary/aromatic N) is 2. The molecule has 0 saturated carbocycles. The zero-order valence-electron chi connectivity index (χ0n) is 17.0. The number of alkyl halides is 3. The third kappa shape index (κ3) is 3.73. The van der Waals surface area contributed by atoms with Gasteiger partial charge >= 0.3 is 6.18 Å². The van der Waals surface area contributed by atoms with E-state index in [0.29, 0.717) is 24.3 Å². The molecule has 0 spiro atoms. The fraction of sp³-hybridized carbons (Fsp3) is 0.318. The van der Waals surface area contributed by atoms with E-state index in [1.165, 1.54) is 28.9 Å². The highest BCUT2D eigenvalue weighted by Crippen LogP contribution is 2.42. The predicted molar refractivity (Wildman–Crippen MR) is 104 cm³/mol. The molecule has 2 aliphatic rings. The summed E-state index contributed by atoms with van der Waals surface area (Å²) in [5.74, 6) is -1.18. The second-order valence-electron chi connectivity index (χ2n) is 8.11. The molecule has 32 heavy (non-hydrogen) atoms. The Kier molecular flexibility index (Phi) is 5.67. The summed E-state index contributed by atoms with van der Waals surface area (Å²) < 4.78 is 68.7. The van der Waals surface area contributed by atoms with Crippen molar-refractivity contribution in [3.8, 4) is 5.69 Å². The highest BCUT2D eigenvalue weighted by Gasteiger charge is 2.39. The second-order valence-corrected chi connectivity index (χ2v) is 8.11. The fourth-order valence-corrected chi connectivity index (χ4v) is 4.74. The maximum Gasteiger partial charge on any atom is 0.416 e. The van der Waals surface area contributed by atoms with Crippen molar-refractivity contribution in [3.63, 3.8) is 0 Å². The summed E-state index contributed by atoms with van der Waals surface area (Å²) in [6.07, 6.45) is -2.98. The number of rotatable bonds is 1. The molecule has 170 valence electrons. The molecule has 0 radical (unpaired) electrons. The number of benzene rings is 2. The first-order valence-electron chi connectivity index (χ1n) is 10.1. The highest BCUT2D eigenvalue weighted by molar-refractivity contribution is 5.64. The lowest BCUT2D eigenvalue weighted by Crippen LogP contribution is -3.00. The van der Waals surface area contributed by atoms with E-state index in [9.17, 15) is 22.0 Å². The Labute approximate surface area is 187 Å². The average molecular weight is 471 g/mol. The zero-order chi connectivity index (χ0) is 21.9. The summed E-state index contributed by atoms with van der Waals surface area (Å²) >= 11 is 0. The number of hydrogen-bond acceptors (Lipinski definition) is 2. The molecule has 2 unspecified atom stereocenters. The molecule has 0 fully saturated rings. The third-order valence-corrected chi connectivity index (χ3v) is 6.21. The van der Waals surface area contributed by atoms with Crippen molar-refractivity contribution in [2.75, 3.05) is 11.9 Å². The Morgan fingerprint density at radius 2 is 1.91 bits per heavy atom. The number of quaternary nitrogens is 1. The number of halogens is 6. The minimum absolute atomic E-state index is 0. The van der Waals surface area contributed by atoms with E-state index in [4.69, 9.17) is 0 Å². The molecule has 2 heterocycles. The van der Waals surface area contributed by atoms with Crippen LogP contribution in [0.4, 0.5) is 33.3 Å². The minimum atomic E-state index is -4.40. The van der Waals surface area contributed by atoms with Gasteiger partial charge < -0.3 is 23.0 Å². The van der Waals surface area contributed by atoms with Gasteiger partial charge in [-0.15, -0.1) is 0 Å². The number of nitrogens with two attached hydrogens (primary N) is 1. The first kappa shape index (κ1) is 22.5. The lowest BCUT2D eigenvalue weighted by Gasteiger charge is -2.30. The van der Waals surface area contributed by atoms with Gasteiger partial charge in [0.05, 0.1) is 29.5 Å². The van der Waals surface area contributed by atoms with Crippen LogP contribution in [0, 0.1) is 24.5 Å². The molecule has 3 N–H and O–H groups in total. The van der Waals surface area contributed by atoms with Crippen molar-refractivity contribution in [2.45, 2.75) is 32.0 Å². The van der Waals surface area contributed by atoms with Gasteiger partial charge in [-0.1, -0.05) is 0 Å². The van der Waals surface area contributed by atoms with E-state index in [1.54, 1.807) is 0 Å². The van der Waals surface area contributed by atoms with E-state index in [2.05, 4.69) is 10.4 Å². The summed E-state index contributed by atoms with van der Waals surface area (Å²) in [5, 5.41) is 9.81. The van der Waals surface area contributed by atoms with Gasteiger partial charge in [-0.3, -0.25) is 0 Å². The standard InChI is InChI=1S/C22H19F5N4.ClH/c1-11-20-19(31(30-11)18-7-4-14(23)9-15(18)24)6-2-12-10-28-17-8-13(22(25,26)27)3-5-16(17)29-21(12)20;/h3-5,7-9,12,21,28-29H,2,6,10H2,1H3;1H. The molecule has 1 aliphatic heterocycles. The highest BCUT2D eigenvalue weighted by atomic mass is 35.5. The van der Waals surface area contributed by atoms with Crippen LogP contribution in [-0.4, -0.2) is 16.3 Å². The van der Waals surface area contributed by atoms with Crippen molar-refractivity contribution in [2.24, 2.45) is 5.92 Å². The molecule has 4 nitrogen and oxygen atoms in total. The number of aromatic nitrogens is 2. The summed E-state index contributed by atoms with van der Waals surface area (Å²) in [4.78, 5) is 0. The molecule has 0 bridgehead atoms. The van der Waals surface area contributed by atoms with Gasteiger partial charge in [-0.2, -0.15) is 18.3 Å². The van der Waals surface area contributed by atoms with Gasteiger partial charge in [0, 0.05) is 29.3 Å². The van der Waals surface area contributed by atoms with Crippen LogP contribution >= 0.6 is 0 Å². The lowest BCUT2D eigenvalue weighted by atomic mass is 9.81. The van der Waals surface area contributed by atoms with E-state index >= 15 is 0 Å². The Hall–Kier alpha value is -2.65. The Morgan fingerprint density at radius 3 is 2.62 bits per heavy atom. The number of aryl methyl sites for hydroxylation is 1. The monoisotopic (exact) mass is 470 g/mol. The van der Waals surface area contributed by atoms with E-state index in [0.717, 1.165) is 35.5 Å². The van der Waals surface area contributed by atoms with Crippen LogP contribution in [0.1, 0.15) is 35.0 Å². The van der Waals surface area contributed by atoms with Crippen molar-refractivity contribution in [3.05, 3.63) is 70.5 Å². The van der Waals surface area contributed by atoms with Crippen molar-refractivity contribution < 1.29 is 39.7 Å². The maximum absolute atomic E-state index is 14.4. The van der Waals surface area contributed by atoms with Crippen LogP contribution < -0.4 is 23.0 Å². The van der Waals surface area contributed by atoms with Gasteiger partial charge in [0.25, 0.3) is 0 Å². The van der Waals surface area contributed by atoms with Crippen molar-refractivity contribution in [1.82, 2.24) is 9.78 Å². The van der Waals surface area contributed by atoms with E-state index in [1.807, 2.05) is 12.2 Å². The minimum Gasteiger partial charge on any atom is -1.00 e. The Bertz CT molecular complexity index is 1170. The molecular formula is C22H20ClF5N4. The Morgan fingerprint density at radius 1 is 1.12 bits per heavy atom. The van der Waals surface area contributed by atoms with Crippen LogP contribution in [0.3, 0.4) is 0 Å². The van der Waals surface area contributed by atoms with Gasteiger partial charge in [0.15, 0.2) is 11.5 Å². The van der Waals surface area contributed by atoms with Crippen LogP contribution in [0.25, 0.3) is 5.69 Å². The molecule has 0 amide bonds. The van der Waals surface area contributed by atoms with Crippen LogP contribution in [0.2, 0.25) is 0 Å². The molecule has 0 saturated heterocycles. The number of hydrogen-bond donors (Lipinski definition) is 2. The molecule has 2 atom stereocenters. The van der Waals surface area contributed by atoms with Crippen LogP contribution in [0.15, 0.2) is 36.4 Å². The first-order chi connectivity index (χ1) is 14.7. The van der Waals surface area contributed by atoms with Crippen LogP contribution in [-0.2, 0) is 12.6 Å². The summed E-state index contributed by atoms with van der Waals surface area (Å²) in [6, 6.07) is 6.95. The zero-order valence-corrected chi connectivity index (χ0v) is 17.7. The molecule has 5 rings (SSSR count). The molecular weight excluding hydrogens is 451 g/mol. The molecule has 2 aromatic carbocycles. The van der Waals surface area contributed by atoms with Crippen molar-refractivity contribution >= 4 is 11.4 Å². The van der Waals surface area contributed by atoms with Gasteiger partial charge in [0.1, 0.15) is 11.5 Å². The van der Waals surface area contributed by atoms with Crippen LogP contribution in [0.5, 0.6) is 0 Å². The average Bonchev–Trinajstić information content (AvgIpc) is 2.92. The Balaban J connectivity index is 0.00000245. The molecule has 1 aliphatic carbocycles. The lowest BCUT2D eigenvalue weighted by molar-refractivity contribution is -0.577. The van der Waals surface area contributed by atoms with Crippen molar-refractivity contribution in [1.29, 1.82) is 0 Å². The van der Waals surface area contributed by atoms with E-state index < -0.39 is 23.4 Å². The predicted octanol–water partition coefficient (Wildman–Crippen LogP) is 1.41. The van der Waals surface area contributed by atoms with Gasteiger partial charge in [-0.25, -0.2) is 13.5 Å². The quantitative estimate of drug-likeness (QED) is 0.417. The third-order valence-electron chi connectivity index (χ3n) is 6.21. The number of nitrogens with one attached hydrogen (secondary N) is 1.